The zero-order valence-corrected chi connectivity index (χ0v) is 13.7. The number of nitrogens with zero attached hydrogens (tertiary/aromatic N) is 1. The Bertz CT molecular complexity index is 805. The predicted molar refractivity (Wildman–Crippen MR) is 88.1 cm³/mol. The normalized spacial score (nSPS) is 14.0. The summed E-state index contributed by atoms with van der Waals surface area (Å²) in [6, 6.07) is 12.5. The van der Waals surface area contributed by atoms with E-state index in [1.807, 2.05) is 6.07 Å². The first-order valence-corrected chi connectivity index (χ1v) is 8.91. The second-order valence-corrected chi connectivity index (χ2v) is 7.46. The number of ether oxygens (including phenoxy) is 1. The van der Waals surface area contributed by atoms with Crippen LogP contribution in [-0.4, -0.2) is 22.1 Å². The Balaban J connectivity index is 1.91. The number of hydrogen-bond acceptors (Lipinski definition) is 3. The molecule has 1 heterocycles. The van der Waals surface area contributed by atoms with Gasteiger partial charge < -0.3 is 4.74 Å². The van der Waals surface area contributed by atoms with Crippen LogP contribution in [0.15, 0.2) is 42.5 Å². The molecule has 0 saturated carbocycles. The number of anilines is 1. The van der Waals surface area contributed by atoms with Crippen molar-refractivity contribution in [2.24, 2.45) is 0 Å². The molecule has 0 atom stereocenters. The van der Waals surface area contributed by atoms with Crippen molar-refractivity contribution in [3.8, 4) is 5.75 Å². The SMILES string of the molecule is COc1ccc2c(c1)CCN2S(=O)(=O)Cc1ccccc1Cl. The molecule has 0 saturated heterocycles. The Hall–Kier alpha value is -1.72. The monoisotopic (exact) mass is 337 g/mol. The van der Waals surface area contributed by atoms with E-state index in [4.69, 9.17) is 16.3 Å². The molecule has 0 aliphatic carbocycles. The quantitative estimate of drug-likeness (QED) is 0.860. The smallest absolute Gasteiger partial charge is 0.239 e. The summed E-state index contributed by atoms with van der Waals surface area (Å²) in [5.74, 6) is 0.641. The van der Waals surface area contributed by atoms with Gasteiger partial charge in [0.2, 0.25) is 10.0 Å². The van der Waals surface area contributed by atoms with Crippen LogP contribution in [-0.2, 0) is 22.2 Å². The van der Waals surface area contributed by atoms with Crippen LogP contribution in [0, 0.1) is 0 Å². The average Bonchev–Trinajstić information content (AvgIpc) is 2.93. The lowest BCUT2D eigenvalue weighted by atomic mass is 10.1. The Morgan fingerprint density at radius 3 is 2.73 bits per heavy atom. The van der Waals surface area contributed by atoms with E-state index in [0.29, 0.717) is 23.6 Å². The summed E-state index contributed by atoms with van der Waals surface area (Å²) in [6.45, 7) is 0.454. The van der Waals surface area contributed by atoms with Gasteiger partial charge in [0, 0.05) is 11.6 Å². The molecular formula is C16H16ClNO3S. The zero-order valence-electron chi connectivity index (χ0n) is 12.1. The molecule has 0 unspecified atom stereocenters. The van der Waals surface area contributed by atoms with E-state index in [1.54, 1.807) is 43.5 Å². The van der Waals surface area contributed by atoms with Gasteiger partial charge in [-0.05, 0) is 41.8 Å². The van der Waals surface area contributed by atoms with Gasteiger partial charge in [0.05, 0.1) is 18.6 Å². The molecule has 2 aromatic carbocycles. The lowest BCUT2D eigenvalue weighted by Gasteiger charge is -2.20. The van der Waals surface area contributed by atoms with Crippen molar-refractivity contribution >= 4 is 27.3 Å². The maximum atomic E-state index is 12.7. The van der Waals surface area contributed by atoms with Crippen LogP contribution >= 0.6 is 11.6 Å². The van der Waals surface area contributed by atoms with Crippen molar-refractivity contribution in [3.05, 3.63) is 58.6 Å². The van der Waals surface area contributed by atoms with Gasteiger partial charge in [0.25, 0.3) is 0 Å². The van der Waals surface area contributed by atoms with Crippen molar-refractivity contribution < 1.29 is 13.2 Å². The Kier molecular flexibility index (Phi) is 4.02. The maximum Gasteiger partial charge on any atom is 0.239 e. The van der Waals surface area contributed by atoms with Crippen molar-refractivity contribution in [1.82, 2.24) is 0 Å². The zero-order chi connectivity index (χ0) is 15.7. The standard InChI is InChI=1S/C16H16ClNO3S/c1-21-14-6-7-16-12(10-14)8-9-18(16)22(19,20)11-13-4-2-3-5-15(13)17/h2-7,10H,8-9,11H2,1H3. The third-order valence-electron chi connectivity index (χ3n) is 3.77. The number of halogens is 1. The molecule has 2 aromatic rings. The van der Waals surface area contributed by atoms with E-state index >= 15 is 0 Å². The molecule has 0 N–H and O–H groups in total. The molecule has 3 rings (SSSR count). The molecule has 1 aliphatic heterocycles. The largest absolute Gasteiger partial charge is 0.497 e. The molecule has 0 fully saturated rings. The Morgan fingerprint density at radius 2 is 2.00 bits per heavy atom. The lowest BCUT2D eigenvalue weighted by Crippen LogP contribution is -2.30. The van der Waals surface area contributed by atoms with Gasteiger partial charge in [-0.25, -0.2) is 8.42 Å². The van der Waals surface area contributed by atoms with Gasteiger partial charge in [0.1, 0.15) is 5.75 Å². The topological polar surface area (TPSA) is 46.6 Å². The second kappa shape index (κ2) is 5.82. The fraction of sp³-hybridized carbons (Fsp3) is 0.250. The number of benzene rings is 2. The summed E-state index contributed by atoms with van der Waals surface area (Å²) in [4.78, 5) is 0. The maximum absolute atomic E-state index is 12.7. The minimum Gasteiger partial charge on any atom is -0.497 e. The molecule has 0 radical (unpaired) electrons. The third kappa shape index (κ3) is 2.78. The van der Waals surface area contributed by atoms with Crippen molar-refractivity contribution in [2.45, 2.75) is 12.2 Å². The van der Waals surface area contributed by atoms with E-state index in [1.165, 1.54) is 4.31 Å². The van der Waals surface area contributed by atoms with E-state index in [-0.39, 0.29) is 5.75 Å². The third-order valence-corrected chi connectivity index (χ3v) is 5.87. The number of sulfonamides is 1. The summed E-state index contributed by atoms with van der Waals surface area (Å²) in [5, 5.41) is 0.472. The van der Waals surface area contributed by atoms with Crippen molar-refractivity contribution in [1.29, 1.82) is 0 Å². The summed E-state index contributed by atoms with van der Waals surface area (Å²) >= 11 is 6.08. The molecule has 116 valence electrons. The number of methoxy groups -OCH3 is 1. The highest BCUT2D eigenvalue weighted by Gasteiger charge is 2.30. The molecule has 1 aliphatic rings. The summed E-state index contributed by atoms with van der Waals surface area (Å²) < 4.78 is 32.1. The molecule has 6 heteroatoms. The molecule has 22 heavy (non-hydrogen) atoms. The Morgan fingerprint density at radius 1 is 1.23 bits per heavy atom. The fourth-order valence-electron chi connectivity index (χ4n) is 2.65. The molecule has 0 amide bonds. The fourth-order valence-corrected chi connectivity index (χ4v) is 4.58. The minimum absolute atomic E-state index is 0.0991. The molecule has 0 bridgehead atoms. The number of fused-ring (bicyclic) bond motifs is 1. The molecule has 0 spiro atoms. The van der Waals surface area contributed by atoms with Crippen LogP contribution < -0.4 is 9.04 Å². The highest BCUT2D eigenvalue weighted by molar-refractivity contribution is 7.92. The van der Waals surface area contributed by atoms with E-state index in [9.17, 15) is 8.42 Å². The van der Waals surface area contributed by atoms with Crippen LogP contribution in [0.1, 0.15) is 11.1 Å². The second-order valence-electron chi connectivity index (χ2n) is 5.16. The molecule has 0 aromatic heterocycles. The van der Waals surface area contributed by atoms with Crippen LogP contribution in [0.3, 0.4) is 0 Å². The first-order chi connectivity index (χ1) is 10.5. The van der Waals surface area contributed by atoms with Gasteiger partial charge in [-0.1, -0.05) is 29.8 Å². The minimum atomic E-state index is -3.46. The van der Waals surface area contributed by atoms with Crippen LogP contribution in [0.2, 0.25) is 5.02 Å². The first-order valence-electron chi connectivity index (χ1n) is 6.92. The van der Waals surface area contributed by atoms with Gasteiger partial charge in [0.15, 0.2) is 0 Å². The number of hydrogen-bond donors (Lipinski definition) is 0. The van der Waals surface area contributed by atoms with Crippen LogP contribution in [0.25, 0.3) is 0 Å². The van der Waals surface area contributed by atoms with Crippen LogP contribution in [0.4, 0.5) is 5.69 Å². The summed E-state index contributed by atoms with van der Waals surface area (Å²) in [7, 11) is -1.86. The summed E-state index contributed by atoms with van der Waals surface area (Å²) in [6.07, 6.45) is 0.689. The Labute approximate surface area is 135 Å². The van der Waals surface area contributed by atoms with Crippen LogP contribution in [0.5, 0.6) is 5.75 Å². The average molecular weight is 338 g/mol. The van der Waals surface area contributed by atoms with Gasteiger partial charge >= 0.3 is 0 Å². The highest BCUT2D eigenvalue weighted by atomic mass is 35.5. The van der Waals surface area contributed by atoms with E-state index < -0.39 is 10.0 Å². The van der Waals surface area contributed by atoms with Crippen molar-refractivity contribution in [3.63, 3.8) is 0 Å². The van der Waals surface area contributed by atoms with Gasteiger partial charge in [-0.15, -0.1) is 0 Å². The van der Waals surface area contributed by atoms with Gasteiger partial charge in [-0.3, -0.25) is 4.31 Å². The van der Waals surface area contributed by atoms with Crippen molar-refractivity contribution in [2.75, 3.05) is 18.0 Å². The highest BCUT2D eigenvalue weighted by Crippen LogP contribution is 2.34. The first kappa shape index (κ1) is 15.2. The lowest BCUT2D eigenvalue weighted by molar-refractivity contribution is 0.414. The summed E-state index contributed by atoms with van der Waals surface area (Å²) in [5.41, 5.74) is 2.33. The molecular weight excluding hydrogens is 322 g/mol. The van der Waals surface area contributed by atoms with Gasteiger partial charge in [-0.2, -0.15) is 0 Å². The van der Waals surface area contributed by atoms with E-state index in [2.05, 4.69) is 0 Å². The number of rotatable bonds is 4. The van der Waals surface area contributed by atoms with E-state index in [0.717, 1.165) is 17.0 Å². The molecule has 4 nitrogen and oxygen atoms in total. The predicted octanol–water partition coefficient (Wildman–Crippen LogP) is 3.24.